The monoisotopic (exact) mass is 396 g/mol. The molecule has 1 aromatic carbocycles. The Morgan fingerprint density at radius 2 is 1.93 bits per heavy atom. The maximum absolute atomic E-state index is 12.7. The molecule has 0 radical (unpaired) electrons. The highest BCUT2D eigenvalue weighted by Gasteiger charge is 2.50. The van der Waals surface area contributed by atoms with E-state index in [1.165, 1.54) is 0 Å². The quantitative estimate of drug-likeness (QED) is 0.729. The van der Waals surface area contributed by atoms with Gasteiger partial charge in [0, 0.05) is 39.1 Å². The van der Waals surface area contributed by atoms with Crippen LogP contribution in [0.25, 0.3) is 0 Å². The molecule has 0 saturated carbocycles. The van der Waals surface area contributed by atoms with E-state index in [0.717, 1.165) is 16.9 Å². The molecular formula is C22H28N4O3. The van der Waals surface area contributed by atoms with Gasteiger partial charge in [0.05, 0.1) is 19.1 Å². The van der Waals surface area contributed by atoms with Gasteiger partial charge < -0.3 is 15.0 Å². The second kappa shape index (κ2) is 9.05. The number of nitrogens with one attached hydrogen (secondary N) is 1. The van der Waals surface area contributed by atoms with E-state index >= 15 is 0 Å². The van der Waals surface area contributed by atoms with Gasteiger partial charge in [0.25, 0.3) is 0 Å². The lowest BCUT2D eigenvalue weighted by Gasteiger charge is -2.49. The minimum atomic E-state index is -0.597. The number of carbonyl (C=O) groups excluding carboxylic acids is 2. The van der Waals surface area contributed by atoms with Crippen molar-refractivity contribution in [3.63, 3.8) is 0 Å². The second-order valence-corrected chi connectivity index (χ2v) is 7.67. The van der Waals surface area contributed by atoms with Crippen LogP contribution in [0.3, 0.4) is 0 Å². The van der Waals surface area contributed by atoms with Crippen LogP contribution in [-0.2, 0) is 22.6 Å². The van der Waals surface area contributed by atoms with Gasteiger partial charge in [-0.05, 0) is 48.9 Å². The number of aromatic nitrogens is 1. The van der Waals surface area contributed by atoms with Crippen molar-refractivity contribution in [3.05, 3.63) is 59.9 Å². The minimum absolute atomic E-state index is 0.0329. The van der Waals surface area contributed by atoms with Gasteiger partial charge in [0.2, 0.25) is 11.8 Å². The molecule has 1 aromatic heterocycles. The molecule has 0 spiro atoms. The number of hydrogen-bond donors (Lipinski definition) is 1. The predicted molar refractivity (Wildman–Crippen MR) is 110 cm³/mol. The Hall–Kier alpha value is -2.93. The van der Waals surface area contributed by atoms with Crippen LogP contribution in [0.15, 0.2) is 48.8 Å². The van der Waals surface area contributed by atoms with Crippen LogP contribution in [0, 0.1) is 5.41 Å². The zero-order valence-corrected chi connectivity index (χ0v) is 17.2. The highest BCUT2D eigenvalue weighted by atomic mass is 16.5. The van der Waals surface area contributed by atoms with E-state index < -0.39 is 5.41 Å². The third kappa shape index (κ3) is 4.92. The number of likely N-dealkylation sites (N-methyl/N-ethyl adjacent to an activating group) is 1. The molecule has 7 nitrogen and oxygen atoms in total. The number of likely N-dealkylation sites (tertiary alicyclic amines) is 1. The molecule has 1 fully saturated rings. The Kier molecular flexibility index (Phi) is 6.49. The van der Waals surface area contributed by atoms with Crippen molar-refractivity contribution in [2.24, 2.45) is 5.41 Å². The number of rotatable bonds is 8. The molecule has 2 heterocycles. The molecule has 0 bridgehead atoms. The first-order valence-corrected chi connectivity index (χ1v) is 9.66. The fraction of sp³-hybridized carbons (Fsp3) is 0.409. The Labute approximate surface area is 171 Å². The number of methoxy groups -OCH3 is 1. The van der Waals surface area contributed by atoms with Crippen LogP contribution in [0.5, 0.6) is 5.75 Å². The summed E-state index contributed by atoms with van der Waals surface area (Å²) in [4.78, 5) is 33.1. The van der Waals surface area contributed by atoms with Crippen LogP contribution in [0.2, 0.25) is 0 Å². The second-order valence-electron chi connectivity index (χ2n) is 7.67. The minimum Gasteiger partial charge on any atom is -0.497 e. The Morgan fingerprint density at radius 3 is 2.59 bits per heavy atom. The Morgan fingerprint density at radius 1 is 1.21 bits per heavy atom. The van der Waals surface area contributed by atoms with E-state index in [2.05, 4.69) is 10.3 Å². The number of carbonyl (C=O) groups is 2. The summed E-state index contributed by atoms with van der Waals surface area (Å²) in [6.07, 6.45) is 4.06. The number of pyridine rings is 1. The third-order valence-corrected chi connectivity index (χ3v) is 5.33. The number of amides is 2. The maximum atomic E-state index is 12.7. The lowest BCUT2D eigenvalue weighted by atomic mass is 9.73. The number of nitrogens with zero attached hydrogens (tertiary/aromatic N) is 3. The number of benzene rings is 1. The van der Waals surface area contributed by atoms with Crippen molar-refractivity contribution < 1.29 is 14.3 Å². The summed E-state index contributed by atoms with van der Waals surface area (Å²) in [7, 11) is 5.18. The van der Waals surface area contributed by atoms with Crippen molar-refractivity contribution in [1.29, 1.82) is 0 Å². The van der Waals surface area contributed by atoms with Crippen LogP contribution in [0.4, 0.5) is 0 Å². The third-order valence-electron chi connectivity index (χ3n) is 5.33. The molecule has 1 aliphatic rings. The van der Waals surface area contributed by atoms with E-state index in [0.29, 0.717) is 32.6 Å². The summed E-state index contributed by atoms with van der Waals surface area (Å²) in [5, 5.41) is 2.77. The van der Waals surface area contributed by atoms with Gasteiger partial charge in [-0.3, -0.25) is 19.5 Å². The standard InChI is InChI=1S/C22H28N4O3/c1-23-21(28)22(12-18-5-4-6-19(11-18)29-3)15-26(16-22)20(27)14-25(2)13-17-7-9-24-10-8-17/h4-11H,12-16H2,1-3H3,(H,23,28). The zero-order chi connectivity index (χ0) is 20.9. The van der Waals surface area contributed by atoms with E-state index in [1.54, 1.807) is 31.5 Å². The summed E-state index contributed by atoms with van der Waals surface area (Å²) in [6.45, 7) is 1.83. The highest BCUT2D eigenvalue weighted by molar-refractivity contribution is 5.88. The molecule has 0 atom stereocenters. The molecule has 0 unspecified atom stereocenters. The van der Waals surface area contributed by atoms with Crippen molar-refractivity contribution in [2.75, 3.05) is 40.8 Å². The first kappa shape index (κ1) is 20.8. The summed E-state index contributed by atoms with van der Waals surface area (Å²) in [5.74, 6) is 0.765. The Bertz CT molecular complexity index is 850. The van der Waals surface area contributed by atoms with Crippen LogP contribution in [0.1, 0.15) is 11.1 Å². The van der Waals surface area contributed by atoms with Crippen molar-refractivity contribution in [1.82, 2.24) is 20.1 Å². The molecule has 3 rings (SSSR count). The molecule has 2 aromatic rings. The van der Waals surface area contributed by atoms with Gasteiger partial charge >= 0.3 is 0 Å². The molecule has 0 aliphatic carbocycles. The fourth-order valence-electron chi connectivity index (χ4n) is 3.82. The molecular weight excluding hydrogens is 368 g/mol. The van der Waals surface area contributed by atoms with Crippen LogP contribution >= 0.6 is 0 Å². The Balaban J connectivity index is 1.60. The largest absolute Gasteiger partial charge is 0.497 e. The number of hydrogen-bond acceptors (Lipinski definition) is 5. The predicted octanol–water partition coefficient (Wildman–Crippen LogP) is 1.34. The molecule has 7 heteroatoms. The average Bonchev–Trinajstić information content (AvgIpc) is 2.70. The first-order valence-electron chi connectivity index (χ1n) is 9.66. The fourth-order valence-corrected chi connectivity index (χ4v) is 3.82. The SMILES string of the molecule is CNC(=O)C1(Cc2cccc(OC)c2)CN(C(=O)CN(C)Cc2ccncc2)C1. The topological polar surface area (TPSA) is 74.8 Å². The zero-order valence-electron chi connectivity index (χ0n) is 17.2. The van der Waals surface area contributed by atoms with Gasteiger partial charge in [-0.2, -0.15) is 0 Å². The molecule has 154 valence electrons. The average molecular weight is 396 g/mol. The lowest BCUT2D eigenvalue weighted by molar-refractivity contribution is -0.153. The van der Waals surface area contributed by atoms with E-state index in [-0.39, 0.29) is 11.8 Å². The molecule has 2 amide bonds. The van der Waals surface area contributed by atoms with Crippen molar-refractivity contribution in [2.45, 2.75) is 13.0 Å². The van der Waals surface area contributed by atoms with E-state index in [9.17, 15) is 9.59 Å². The first-order chi connectivity index (χ1) is 14.0. The van der Waals surface area contributed by atoms with Gasteiger partial charge in [-0.1, -0.05) is 12.1 Å². The van der Waals surface area contributed by atoms with Crippen LogP contribution < -0.4 is 10.1 Å². The molecule has 1 aliphatic heterocycles. The van der Waals surface area contributed by atoms with Crippen LogP contribution in [-0.4, -0.2) is 67.4 Å². The van der Waals surface area contributed by atoms with E-state index in [4.69, 9.17) is 4.74 Å². The normalized spacial score (nSPS) is 15.0. The highest BCUT2D eigenvalue weighted by Crippen LogP contribution is 2.35. The van der Waals surface area contributed by atoms with Crippen molar-refractivity contribution in [3.8, 4) is 5.75 Å². The smallest absolute Gasteiger partial charge is 0.236 e. The summed E-state index contributed by atoms with van der Waals surface area (Å²) >= 11 is 0. The number of ether oxygens (including phenoxy) is 1. The summed E-state index contributed by atoms with van der Waals surface area (Å²) in [5.41, 5.74) is 1.53. The summed E-state index contributed by atoms with van der Waals surface area (Å²) < 4.78 is 5.29. The maximum Gasteiger partial charge on any atom is 0.236 e. The summed E-state index contributed by atoms with van der Waals surface area (Å²) in [6, 6.07) is 11.6. The van der Waals surface area contributed by atoms with Crippen molar-refractivity contribution >= 4 is 11.8 Å². The molecule has 1 saturated heterocycles. The van der Waals surface area contributed by atoms with Gasteiger partial charge in [-0.25, -0.2) is 0 Å². The lowest BCUT2D eigenvalue weighted by Crippen LogP contribution is -2.66. The molecule has 1 N–H and O–H groups in total. The van der Waals surface area contributed by atoms with Gasteiger partial charge in [0.1, 0.15) is 5.75 Å². The molecule has 29 heavy (non-hydrogen) atoms. The van der Waals surface area contributed by atoms with Gasteiger partial charge in [0.15, 0.2) is 0 Å². The van der Waals surface area contributed by atoms with Gasteiger partial charge in [-0.15, -0.1) is 0 Å². The van der Waals surface area contributed by atoms with E-state index in [1.807, 2.05) is 48.3 Å².